The number of amides is 2. The molecule has 0 aliphatic rings. The molecule has 7 nitrogen and oxygen atoms in total. The largest absolute Gasteiger partial charge is 0.457 e. The summed E-state index contributed by atoms with van der Waals surface area (Å²) in [5.41, 5.74) is 1.76. The van der Waals surface area contributed by atoms with E-state index in [1.54, 1.807) is 31.3 Å². The van der Waals surface area contributed by atoms with Crippen molar-refractivity contribution in [3.63, 3.8) is 0 Å². The highest BCUT2D eigenvalue weighted by Crippen LogP contribution is 2.23. The minimum atomic E-state index is -0.773. The first-order chi connectivity index (χ1) is 14.3. The smallest absolute Gasteiger partial charge is 0.321 e. The summed E-state index contributed by atoms with van der Waals surface area (Å²) in [6.07, 6.45) is -0.624. The Balaban J connectivity index is 1.73. The third kappa shape index (κ3) is 8.82. The number of urea groups is 1. The first-order valence-corrected chi connectivity index (χ1v) is 10.1. The molecule has 0 aliphatic heterocycles. The number of hydrogen-bond acceptors (Lipinski definition) is 5. The Morgan fingerprint density at radius 3 is 2.50 bits per heavy atom. The minimum Gasteiger partial charge on any atom is -0.457 e. The van der Waals surface area contributed by atoms with E-state index in [4.69, 9.17) is 14.2 Å². The zero-order valence-corrected chi connectivity index (χ0v) is 18.1. The lowest BCUT2D eigenvalue weighted by Crippen LogP contribution is -2.39. The van der Waals surface area contributed by atoms with Crippen molar-refractivity contribution < 1.29 is 24.1 Å². The van der Waals surface area contributed by atoms with E-state index < -0.39 is 6.10 Å². The molecule has 2 N–H and O–H groups in total. The molecule has 7 heteroatoms. The zero-order chi connectivity index (χ0) is 21.9. The molecule has 0 aromatic heterocycles. The predicted octanol–water partition coefficient (Wildman–Crippen LogP) is 4.05. The van der Waals surface area contributed by atoms with E-state index in [1.165, 1.54) is 4.90 Å². The number of aryl methyl sites for hydroxylation is 1. The topological polar surface area (TPSA) is 80.3 Å². The number of carbonyl (C=O) groups is 1. The van der Waals surface area contributed by atoms with Crippen LogP contribution in [0, 0.1) is 6.92 Å². The molecule has 1 unspecified atom stereocenters. The number of rotatable bonds is 11. The van der Waals surface area contributed by atoms with Gasteiger partial charge in [0.15, 0.2) is 0 Å². The normalized spacial score (nSPS) is 11.9. The second-order valence-corrected chi connectivity index (χ2v) is 7.40. The number of anilines is 1. The highest BCUT2D eigenvalue weighted by Gasteiger charge is 2.14. The lowest BCUT2D eigenvalue weighted by atomic mass is 10.2. The van der Waals surface area contributed by atoms with Crippen LogP contribution in [-0.2, 0) is 9.47 Å². The third-order valence-electron chi connectivity index (χ3n) is 4.15. The molecular formula is C23H32N2O5. The van der Waals surface area contributed by atoms with Crippen LogP contribution in [0.2, 0.25) is 0 Å². The Hall–Kier alpha value is -2.61. The summed E-state index contributed by atoms with van der Waals surface area (Å²) in [4.78, 5) is 13.7. The fraction of sp³-hybridized carbons (Fsp3) is 0.435. The average molecular weight is 417 g/mol. The summed E-state index contributed by atoms with van der Waals surface area (Å²) in [7, 11) is 1.62. The molecule has 0 saturated heterocycles. The fourth-order valence-electron chi connectivity index (χ4n) is 2.65. The van der Waals surface area contributed by atoms with Gasteiger partial charge < -0.3 is 29.5 Å². The van der Waals surface area contributed by atoms with Gasteiger partial charge in [0.05, 0.1) is 38.6 Å². The number of carbonyl (C=O) groups excluding carboxylic acids is 1. The Morgan fingerprint density at radius 1 is 1.10 bits per heavy atom. The molecule has 2 aromatic carbocycles. The standard InChI is InChI=1S/C23H32N2O5/c1-17(2)29-13-12-28-16-20(26)15-25(4)23(27)24-19-8-10-21(11-9-19)30-22-7-5-6-18(3)14-22/h5-11,14,17,20,26H,12-13,15-16H2,1-4H3,(H,24,27). The van der Waals surface area contributed by atoms with Gasteiger partial charge >= 0.3 is 6.03 Å². The van der Waals surface area contributed by atoms with Crippen molar-refractivity contribution >= 4 is 11.7 Å². The molecule has 0 aliphatic carbocycles. The van der Waals surface area contributed by atoms with E-state index in [0.29, 0.717) is 24.7 Å². The minimum absolute atomic E-state index is 0.143. The summed E-state index contributed by atoms with van der Waals surface area (Å²) in [5, 5.41) is 12.8. The van der Waals surface area contributed by atoms with Crippen LogP contribution in [-0.4, -0.2) is 61.7 Å². The highest BCUT2D eigenvalue weighted by molar-refractivity contribution is 5.89. The van der Waals surface area contributed by atoms with Crippen molar-refractivity contribution in [2.24, 2.45) is 0 Å². The van der Waals surface area contributed by atoms with Gasteiger partial charge in [-0.15, -0.1) is 0 Å². The number of nitrogens with zero attached hydrogens (tertiary/aromatic N) is 1. The Bertz CT molecular complexity index is 779. The van der Waals surface area contributed by atoms with E-state index in [1.807, 2.05) is 45.0 Å². The van der Waals surface area contributed by atoms with Gasteiger partial charge in [0, 0.05) is 12.7 Å². The Morgan fingerprint density at radius 2 is 1.83 bits per heavy atom. The number of benzene rings is 2. The van der Waals surface area contributed by atoms with E-state index in [-0.39, 0.29) is 25.3 Å². The molecule has 0 radical (unpaired) electrons. The highest BCUT2D eigenvalue weighted by atomic mass is 16.5. The van der Waals surface area contributed by atoms with Crippen molar-refractivity contribution in [1.82, 2.24) is 4.90 Å². The number of likely N-dealkylation sites (N-methyl/N-ethyl adjacent to an activating group) is 1. The summed E-state index contributed by atoms with van der Waals surface area (Å²) >= 11 is 0. The van der Waals surface area contributed by atoms with Gasteiger partial charge in [0.1, 0.15) is 11.5 Å². The maximum Gasteiger partial charge on any atom is 0.321 e. The van der Waals surface area contributed by atoms with Crippen LogP contribution >= 0.6 is 0 Å². The summed E-state index contributed by atoms with van der Waals surface area (Å²) < 4.78 is 16.5. The van der Waals surface area contributed by atoms with Crippen molar-refractivity contribution in [2.75, 3.05) is 38.7 Å². The zero-order valence-electron chi connectivity index (χ0n) is 18.1. The van der Waals surface area contributed by atoms with Gasteiger partial charge in [-0.05, 0) is 62.7 Å². The van der Waals surface area contributed by atoms with Gasteiger partial charge in [0.25, 0.3) is 0 Å². The molecule has 30 heavy (non-hydrogen) atoms. The molecule has 2 aromatic rings. The third-order valence-corrected chi connectivity index (χ3v) is 4.15. The molecular weight excluding hydrogens is 384 g/mol. The number of hydrogen-bond donors (Lipinski definition) is 2. The summed E-state index contributed by atoms with van der Waals surface area (Å²) in [6.45, 7) is 7.09. The van der Waals surface area contributed by atoms with Crippen LogP contribution < -0.4 is 10.1 Å². The van der Waals surface area contributed by atoms with Gasteiger partial charge in [-0.1, -0.05) is 12.1 Å². The molecule has 2 amide bonds. The summed E-state index contributed by atoms with van der Waals surface area (Å²) in [6, 6.07) is 14.6. The van der Waals surface area contributed by atoms with Gasteiger partial charge in [0.2, 0.25) is 0 Å². The fourth-order valence-corrected chi connectivity index (χ4v) is 2.65. The second-order valence-electron chi connectivity index (χ2n) is 7.40. The van der Waals surface area contributed by atoms with Crippen LogP contribution in [0.25, 0.3) is 0 Å². The van der Waals surface area contributed by atoms with Crippen molar-refractivity contribution in [3.05, 3.63) is 54.1 Å². The van der Waals surface area contributed by atoms with Crippen LogP contribution in [0.5, 0.6) is 11.5 Å². The van der Waals surface area contributed by atoms with Crippen LogP contribution in [0.1, 0.15) is 19.4 Å². The van der Waals surface area contributed by atoms with Crippen LogP contribution in [0.4, 0.5) is 10.5 Å². The van der Waals surface area contributed by atoms with Gasteiger partial charge in [-0.2, -0.15) is 0 Å². The lowest BCUT2D eigenvalue weighted by molar-refractivity contribution is -0.0144. The van der Waals surface area contributed by atoms with Crippen molar-refractivity contribution in [1.29, 1.82) is 0 Å². The lowest BCUT2D eigenvalue weighted by Gasteiger charge is -2.21. The van der Waals surface area contributed by atoms with Crippen LogP contribution in [0.15, 0.2) is 48.5 Å². The second kappa shape index (κ2) is 12.2. The van der Waals surface area contributed by atoms with E-state index in [2.05, 4.69) is 5.32 Å². The molecule has 0 heterocycles. The van der Waals surface area contributed by atoms with Gasteiger partial charge in [-0.3, -0.25) is 0 Å². The molecule has 0 spiro atoms. The first kappa shape index (κ1) is 23.7. The molecule has 0 saturated carbocycles. The number of nitrogens with one attached hydrogen (secondary N) is 1. The molecule has 2 rings (SSSR count). The van der Waals surface area contributed by atoms with E-state index in [9.17, 15) is 9.90 Å². The van der Waals surface area contributed by atoms with Crippen molar-refractivity contribution in [2.45, 2.75) is 33.0 Å². The number of aliphatic hydroxyl groups excluding tert-OH is 1. The SMILES string of the molecule is Cc1cccc(Oc2ccc(NC(=O)N(C)CC(O)COCCOC(C)C)cc2)c1. The average Bonchev–Trinajstić information content (AvgIpc) is 2.69. The quantitative estimate of drug-likeness (QED) is 0.540. The van der Waals surface area contributed by atoms with E-state index in [0.717, 1.165) is 11.3 Å². The maximum absolute atomic E-state index is 12.3. The molecule has 1 atom stereocenters. The van der Waals surface area contributed by atoms with Crippen molar-refractivity contribution in [3.8, 4) is 11.5 Å². The molecule has 164 valence electrons. The van der Waals surface area contributed by atoms with Crippen LogP contribution in [0.3, 0.4) is 0 Å². The molecule has 0 bridgehead atoms. The predicted molar refractivity (Wildman–Crippen MR) is 117 cm³/mol. The molecule has 0 fully saturated rings. The summed E-state index contributed by atoms with van der Waals surface area (Å²) in [5.74, 6) is 1.44. The monoisotopic (exact) mass is 416 g/mol. The first-order valence-electron chi connectivity index (χ1n) is 10.1. The Labute approximate surface area is 178 Å². The maximum atomic E-state index is 12.3. The van der Waals surface area contributed by atoms with Gasteiger partial charge in [-0.25, -0.2) is 4.79 Å². The number of aliphatic hydroxyl groups is 1. The Kier molecular flexibility index (Phi) is 9.60. The number of ether oxygens (including phenoxy) is 3. The van der Waals surface area contributed by atoms with E-state index >= 15 is 0 Å².